The molecule has 1 aliphatic heterocycles. The molecule has 0 spiro atoms. The first-order valence-electron chi connectivity index (χ1n) is 12.4. The Morgan fingerprint density at radius 3 is 2.57 bits per heavy atom. The largest absolute Gasteiger partial charge is 0.508 e. The van der Waals surface area contributed by atoms with Gasteiger partial charge in [-0.25, -0.2) is 9.78 Å². The molecule has 0 bridgehead atoms. The SMILES string of the molecule is CCCN1C[C@H](C)N([C@H](c2ccc(-c3nc(C(=O)OCC)cs3)cc2)c2cccc(O)c2)C[C@H]1C. The van der Waals surface area contributed by atoms with Gasteiger partial charge in [-0.3, -0.25) is 9.80 Å². The van der Waals surface area contributed by atoms with Crippen LogP contribution in [0.3, 0.4) is 0 Å². The Morgan fingerprint density at radius 1 is 1.11 bits per heavy atom. The van der Waals surface area contributed by atoms with Crippen LogP contribution in [0.5, 0.6) is 5.75 Å². The fraction of sp³-hybridized carbons (Fsp3) is 0.429. The lowest BCUT2D eigenvalue weighted by atomic mass is 9.93. The van der Waals surface area contributed by atoms with Crippen LogP contribution in [-0.4, -0.2) is 64.2 Å². The predicted molar refractivity (Wildman–Crippen MR) is 141 cm³/mol. The number of carbonyl (C=O) groups excluding carboxylic acids is 1. The van der Waals surface area contributed by atoms with E-state index in [2.05, 4.69) is 65.9 Å². The summed E-state index contributed by atoms with van der Waals surface area (Å²) in [4.78, 5) is 21.6. The number of phenolic OH excluding ortho intramolecular Hbond substituents is 1. The number of hydrogen-bond acceptors (Lipinski definition) is 7. The number of aromatic hydroxyl groups is 1. The smallest absolute Gasteiger partial charge is 0.357 e. The second-order valence-corrected chi connectivity index (χ2v) is 10.1. The third kappa shape index (κ3) is 5.74. The van der Waals surface area contributed by atoms with Gasteiger partial charge >= 0.3 is 5.97 Å². The lowest BCUT2D eigenvalue weighted by Gasteiger charge is -2.47. The first kappa shape index (κ1) is 25.4. The van der Waals surface area contributed by atoms with Crippen LogP contribution in [0.4, 0.5) is 0 Å². The second-order valence-electron chi connectivity index (χ2n) is 9.27. The van der Waals surface area contributed by atoms with E-state index in [9.17, 15) is 9.90 Å². The number of rotatable bonds is 8. The number of thiazole rings is 1. The zero-order chi connectivity index (χ0) is 24.9. The maximum Gasteiger partial charge on any atom is 0.357 e. The summed E-state index contributed by atoms with van der Waals surface area (Å²) < 4.78 is 5.07. The number of esters is 1. The molecule has 1 fully saturated rings. The molecular weight excluding hydrogens is 458 g/mol. The van der Waals surface area contributed by atoms with Crippen molar-refractivity contribution in [2.45, 2.75) is 52.2 Å². The zero-order valence-electron chi connectivity index (χ0n) is 21.0. The van der Waals surface area contributed by atoms with Crippen molar-refractivity contribution in [1.82, 2.24) is 14.8 Å². The standard InChI is InChI=1S/C28H35N3O3S/c1-5-14-30-16-20(4)31(17-19(30)3)26(23-8-7-9-24(32)15-23)21-10-12-22(13-11-21)27-29-25(18-35-27)28(33)34-6-2/h7-13,15,18-20,26,32H,5-6,14,16-17H2,1-4H3/t19-,20+,26-/m1/s1. The number of ether oxygens (including phenoxy) is 1. The van der Waals surface area contributed by atoms with Crippen molar-refractivity contribution >= 4 is 17.3 Å². The van der Waals surface area contributed by atoms with Gasteiger partial charge in [-0.15, -0.1) is 11.3 Å². The van der Waals surface area contributed by atoms with Crippen molar-refractivity contribution in [3.05, 3.63) is 70.7 Å². The minimum absolute atomic E-state index is 0.0313. The Kier molecular flexibility index (Phi) is 8.21. The van der Waals surface area contributed by atoms with Crippen molar-refractivity contribution < 1.29 is 14.6 Å². The number of carbonyl (C=O) groups is 1. The fourth-order valence-corrected chi connectivity index (χ4v) is 5.76. The fourth-order valence-electron chi connectivity index (χ4n) is 4.97. The zero-order valence-corrected chi connectivity index (χ0v) is 21.8. The van der Waals surface area contributed by atoms with Crippen molar-refractivity contribution in [1.29, 1.82) is 0 Å². The summed E-state index contributed by atoms with van der Waals surface area (Å²) in [6.45, 7) is 12.1. The molecule has 186 valence electrons. The van der Waals surface area contributed by atoms with Gasteiger partial charge in [-0.2, -0.15) is 0 Å². The molecule has 3 aromatic rings. The number of aromatic nitrogens is 1. The van der Waals surface area contributed by atoms with Gasteiger partial charge in [0.15, 0.2) is 5.69 Å². The highest BCUT2D eigenvalue weighted by Crippen LogP contribution is 2.36. The molecule has 1 saturated heterocycles. The van der Waals surface area contributed by atoms with Crippen LogP contribution in [0.2, 0.25) is 0 Å². The van der Waals surface area contributed by atoms with Crippen LogP contribution in [0.25, 0.3) is 10.6 Å². The molecule has 0 amide bonds. The second kappa shape index (κ2) is 11.3. The van der Waals surface area contributed by atoms with Crippen molar-refractivity contribution in [2.75, 3.05) is 26.2 Å². The summed E-state index contributed by atoms with van der Waals surface area (Å²) in [5.74, 6) is -0.107. The Labute approximate surface area is 212 Å². The quantitative estimate of drug-likeness (QED) is 0.413. The van der Waals surface area contributed by atoms with Gasteiger partial charge in [0.25, 0.3) is 0 Å². The first-order chi connectivity index (χ1) is 16.9. The van der Waals surface area contributed by atoms with Gasteiger partial charge in [0.1, 0.15) is 10.8 Å². The van der Waals surface area contributed by atoms with E-state index in [1.165, 1.54) is 16.9 Å². The van der Waals surface area contributed by atoms with Crippen LogP contribution in [-0.2, 0) is 4.74 Å². The summed E-state index contributed by atoms with van der Waals surface area (Å²) in [5, 5.41) is 12.8. The lowest BCUT2D eigenvalue weighted by Crippen LogP contribution is -2.57. The average molecular weight is 494 g/mol. The number of phenols is 1. The normalized spacial score (nSPS) is 20.0. The van der Waals surface area contributed by atoms with E-state index in [1.807, 2.05) is 12.1 Å². The Morgan fingerprint density at radius 2 is 1.89 bits per heavy atom. The van der Waals surface area contributed by atoms with Crippen LogP contribution < -0.4 is 0 Å². The maximum absolute atomic E-state index is 12.0. The molecule has 3 atom stereocenters. The van der Waals surface area contributed by atoms with Gasteiger partial charge in [0.2, 0.25) is 0 Å². The van der Waals surface area contributed by atoms with Crippen LogP contribution in [0.1, 0.15) is 61.8 Å². The Balaban J connectivity index is 1.64. The molecule has 0 aliphatic carbocycles. The summed E-state index contributed by atoms with van der Waals surface area (Å²) in [6, 6.07) is 16.9. The lowest BCUT2D eigenvalue weighted by molar-refractivity contribution is 0.0241. The van der Waals surface area contributed by atoms with Gasteiger partial charge < -0.3 is 9.84 Å². The molecule has 6 nitrogen and oxygen atoms in total. The number of benzene rings is 2. The van der Waals surface area contributed by atoms with Gasteiger partial charge in [0, 0.05) is 36.1 Å². The minimum Gasteiger partial charge on any atom is -0.508 e. The predicted octanol–water partition coefficient (Wildman–Crippen LogP) is 5.59. The molecule has 1 aromatic heterocycles. The summed E-state index contributed by atoms with van der Waals surface area (Å²) in [6.07, 6.45) is 1.16. The first-order valence-corrected chi connectivity index (χ1v) is 13.3. The minimum atomic E-state index is -0.388. The van der Waals surface area contributed by atoms with E-state index < -0.39 is 0 Å². The van der Waals surface area contributed by atoms with E-state index in [1.54, 1.807) is 18.4 Å². The molecule has 2 heterocycles. The van der Waals surface area contributed by atoms with E-state index in [0.717, 1.165) is 42.2 Å². The van der Waals surface area contributed by atoms with E-state index in [4.69, 9.17) is 4.74 Å². The maximum atomic E-state index is 12.0. The van der Waals surface area contributed by atoms with Crippen molar-refractivity contribution in [2.24, 2.45) is 0 Å². The van der Waals surface area contributed by atoms with Gasteiger partial charge in [-0.05, 0) is 57.0 Å². The molecule has 1 N–H and O–H groups in total. The number of hydrogen-bond donors (Lipinski definition) is 1. The topological polar surface area (TPSA) is 65.9 Å². The molecule has 35 heavy (non-hydrogen) atoms. The summed E-state index contributed by atoms with van der Waals surface area (Å²) >= 11 is 1.44. The van der Waals surface area contributed by atoms with E-state index >= 15 is 0 Å². The molecular formula is C28H35N3O3S. The molecule has 0 saturated carbocycles. The monoisotopic (exact) mass is 493 g/mol. The average Bonchev–Trinajstić information content (AvgIpc) is 3.34. The van der Waals surface area contributed by atoms with E-state index in [-0.39, 0.29) is 17.8 Å². The van der Waals surface area contributed by atoms with Gasteiger partial charge in [-0.1, -0.05) is 43.3 Å². The molecule has 7 heteroatoms. The van der Waals surface area contributed by atoms with Crippen LogP contribution in [0.15, 0.2) is 53.9 Å². The molecule has 4 rings (SSSR count). The number of nitrogens with zero attached hydrogens (tertiary/aromatic N) is 3. The summed E-state index contributed by atoms with van der Waals surface area (Å²) in [7, 11) is 0. The third-order valence-corrected chi connectivity index (χ3v) is 7.55. The van der Waals surface area contributed by atoms with E-state index in [0.29, 0.717) is 24.4 Å². The Hall–Kier alpha value is -2.74. The third-order valence-electron chi connectivity index (χ3n) is 6.65. The van der Waals surface area contributed by atoms with Crippen LogP contribution in [0, 0.1) is 0 Å². The molecule has 0 radical (unpaired) electrons. The van der Waals surface area contributed by atoms with Crippen LogP contribution >= 0.6 is 11.3 Å². The van der Waals surface area contributed by atoms with Gasteiger partial charge in [0.05, 0.1) is 12.6 Å². The van der Waals surface area contributed by atoms with Crippen molar-refractivity contribution in [3.63, 3.8) is 0 Å². The molecule has 0 unspecified atom stereocenters. The highest BCUT2D eigenvalue weighted by atomic mass is 32.1. The highest BCUT2D eigenvalue weighted by molar-refractivity contribution is 7.13. The number of piperazine rings is 1. The molecule has 1 aliphatic rings. The Bertz CT molecular complexity index is 1130. The summed E-state index contributed by atoms with van der Waals surface area (Å²) in [5.41, 5.74) is 3.57. The highest BCUT2D eigenvalue weighted by Gasteiger charge is 2.34. The molecule has 2 aromatic carbocycles. The van der Waals surface area contributed by atoms with Crippen molar-refractivity contribution in [3.8, 4) is 16.3 Å².